The van der Waals surface area contributed by atoms with Crippen molar-refractivity contribution in [2.75, 3.05) is 6.54 Å². The number of aliphatic hydroxyl groups excluding tert-OH is 1. The third-order valence-electron chi connectivity index (χ3n) is 2.82. The fourth-order valence-corrected chi connectivity index (χ4v) is 1.51. The van der Waals surface area contributed by atoms with Gasteiger partial charge >= 0.3 is 0 Å². The van der Waals surface area contributed by atoms with Crippen LogP contribution in [0.25, 0.3) is 0 Å². The highest BCUT2D eigenvalue weighted by Crippen LogP contribution is 2.05. The third-order valence-corrected chi connectivity index (χ3v) is 2.82. The summed E-state index contributed by atoms with van der Waals surface area (Å²) in [6, 6.07) is 4.03. The van der Waals surface area contributed by atoms with Crippen molar-refractivity contribution in [3.8, 4) is 0 Å². The zero-order valence-corrected chi connectivity index (χ0v) is 10.4. The largest absolute Gasteiger partial charge is 0.393 e. The smallest absolute Gasteiger partial charge is 0.0575 e. The van der Waals surface area contributed by atoms with Crippen molar-refractivity contribution in [2.45, 2.75) is 39.8 Å². The second kappa shape index (κ2) is 6.61. The van der Waals surface area contributed by atoms with Crippen LogP contribution in [-0.4, -0.2) is 22.7 Å². The number of nitrogens with zero attached hydrogens (tertiary/aromatic N) is 1. The van der Waals surface area contributed by atoms with Gasteiger partial charge in [-0.2, -0.15) is 0 Å². The molecule has 1 unspecified atom stereocenters. The van der Waals surface area contributed by atoms with E-state index >= 15 is 0 Å². The number of hydrogen-bond acceptors (Lipinski definition) is 3. The number of nitrogens with one attached hydrogen (secondary N) is 1. The van der Waals surface area contributed by atoms with E-state index in [1.54, 1.807) is 6.20 Å². The van der Waals surface area contributed by atoms with Crippen molar-refractivity contribution in [1.82, 2.24) is 10.3 Å². The minimum atomic E-state index is -0.206. The lowest BCUT2D eigenvalue weighted by molar-refractivity contribution is 0.116. The van der Waals surface area contributed by atoms with Crippen molar-refractivity contribution >= 4 is 0 Å². The van der Waals surface area contributed by atoms with Gasteiger partial charge in [-0.1, -0.05) is 19.9 Å². The average molecular weight is 222 g/mol. The van der Waals surface area contributed by atoms with Gasteiger partial charge in [0.25, 0.3) is 0 Å². The molecule has 1 heterocycles. The number of aryl methyl sites for hydroxylation is 1. The Morgan fingerprint density at radius 1 is 1.44 bits per heavy atom. The van der Waals surface area contributed by atoms with Crippen LogP contribution in [0.1, 0.15) is 31.5 Å². The fraction of sp³-hybridized carbons (Fsp3) is 0.615. The molecule has 1 aromatic rings. The minimum Gasteiger partial charge on any atom is -0.393 e. The summed E-state index contributed by atoms with van der Waals surface area (Å²) in [7, 11) is 0. The van der Waals surface area contributed by atoms with Crippen molar-refractivity contribution in [3.05, 3.63) is 29.6 Å². The Hall–Kier alpha value is -0.930. The van der Waals surface area contributed by atoms with Gasteiger partial charge in [-0.15, -0.1) is 0 Å². The zero-order chi connectivity index (χ0) is 12.0. The first kappa shape index (κ1) is 13.1. The van der Waals surface area contributed by atoms with Crippen LogP contribution in [0.15, 0.2) is 18.3 Å². The van der Waals surface area contributed by atoms with E-state index in [-0.39, 0.29) is 6.10 Å². The predicted molar refractivity (Wildman–Crippen MR) is 66.1 cm³/mol. The van der Waals surface area contributed by atoms with E-state index < -0.39 is 0 Å². The quantitative estimate of drug-likeness (QED) is 0.722. The monoisotopic (exact) mass is 222 g/mol. The highest BCUT2D eigenvalue weighted by atomic mass is 16.3. The van der Waals surface area contributed by atoms with Crippen molar-refractivity contribution < 1.29 is 5.11 Å². The summed E-state index contributed by atoms with van der Waals surface area (Å²) in [5, 5.41) is 13.0. The van der Waals surface area contributed by atoms with Gasteiger partial charge in [0.2, 0.25) is 0 Å². The van der Waals surface area contributed by atoms with Crippen LogP contribution in [-0.2, 0) is 6.54 Å². The molecular weight excluding hydrogens is 200 g/mol. The van der Waals surface area contributed by atoms with E-state index in [1.807, 2.05) is 26.8 Å². The molecule has 0 aliphatic rings. The lowest BCUT2D eigenvalue weighted by Crippen LogP contribution is -2.23. The van der Waals surface area contributed by atoms with Crippen LogP contribution in [0.5, 0.6) is 0 Å². The molecule has 0 aromatic carbocycles. The summed E-state index contributed by atoms with van der Waals surface area (Å²) < 4.78 is 0. The molecule has 0 saturated heterocycles. The molecule has 0 aliphatic carbocycles. The van der Waals surface area contributed by atoms with Crippen LogP contribution in [0.4, 0.5) is 0 Å². The number of aliphatic hydroxyl groups is 1. The Morgan fingerprint density at radius 2 is 2.19 bits per heavy atom. The van der Waals surface area contributed by atoms with E-state index in [0.717, 1.165) is 25.2 Å². The zero-order valence-electron chi connectivity index (χ0n) is 10.4. The predicted octanol–water partition coefficient (Wildman–Crippen LogP) is 1.89. The molecule has 3 nitrogen and oxygen atoms in total. The molecule has 0 aliphatic heterocycles. The summed E-state index contributed by atoms with van der Waals surface area (Å²) in [5.41, 5.74) is 2.29. The fourth-order valence-electron chi connectivity index (χ4n) is 1.51. The van der Waals surface area contributed by atoms with Crippen LogP contribution in [0.3, 0.4) is 0 Å². The van der Waals surface area contributed by atoms with E-state index in [0.29, 0.717) is 5.92 Å². The SMILES string of the molecule is Cc1ncccc1CNCCC(O)C(C)C. The molecule has 1 aromatic heterocycles. The second-order valence-electron chi connectivity index (χ2n) is 4.52. The minimum absolute atomic E-state index is 0.206. The molecule has 1 rings (SSSR count). The normalized spacial score (nSPS) is 13.1. The highest BCUT2D eigenvalue weighted by molar-refractivity contribution is 5.17. The van der Waals surface area contributed by atoms with Crippen molar-refractivity contribution in [1.29, 1.82) is 0 Å². The van der Waals surface area contributed by atoms with E-state index in [4.69, 9.17) is 0 Å². The van der Waals surface area contributed by atoms with Gasteiger partial charge in [0.15, 0.2) is 0 Å². The molecule has 90 valence electrons. The molecule has 0 spiro atoms. The van der Waals surface area contributed by atoms with Crippen LogP contribution < -0.4 is 5.32 Å². The first-order valence-electron chi connectivity index (χ1n) is 5.90. The molecule has 3 heteroatoms. The summed E-state index contributed by atoms with van der Waals surface area (Å²) in [6.45, 7) is 7.75. The van der Waals surface area contributed by atoms with Gasteiger partial charge in [0, 0.05) is 18.4 Å². The lowest BCUT2D eigenvalue weighted by atomic mass is 10.0. The summed E-state index contributed by atoms with van der Waals surface area (Å²) in [5.74, 6) is 0.335. The maximum absolute atomic E-state index is 9.63. The first-order valence-corrected chi connectivity index (χ1v) is 5.90. The van der Waals surface area contributed by atoms with Crippen LogP contribution in [0.2, 0.25) is 0 Å². The summed E-state index contributed by atoms with van der Waals surface area (Å²) in [4.78, 5) is 4.23. The number of aromatic nitrogens is 1. The molecule has 1 atom stereocenters. The molecule has 0 saturated carbocycles. The number of rotatable bonds is 6. The summed E-state index contributed by atoms with van der Waals surface area (Å²) >= 11 is 0. The molecule has 0 amide bonds. The van der Waals surface area contributed by atoms with Gasteiger partial charge in [-0.05, 0) is 37.4 Å². The third kappa shape index (κ3) is 4.29. The van der Waals surface area contributed by atoms with E-state index in [1.165, 1.54) is 5.56 Å². The molecule has 0 radical (unpaired) electrons. The number of pyridine rings is 1. The number of hydrogen-bond donors (Lipinski definition) is 2. The summed E-state index contributed by atoms with van der Waals surface area (Å²) in [6.07, 6.45) is 2.40. The molecular formula is C13H22N2O. The standard InChI is InChI=1S/C13H22N2O/c1-10(2)13(16)6-8-14-9-12-5-4-7-15-11(12)3/h4-5,7,10,13-14,16H,6,8-9H2,1-3H3. The van der Waals surface area contributed by atoms with Gasteiger partial charge < -0.3 is 10.4 Å². The molecule has 16 heavy (non-hydrogen) atoms. The molecule has 2 N–H and O–H groups in total. The van der Waals surface area contributed by atoms with Crippen molar-refractivity contribution in [2.24, 2.45) is 5.92 Å². The highest BCUT2D eigenvalue weighted by Gasteiger charge is 2.07. The van der Waals surface area contributed by atoms with Gasteiger partial charge in [0.05, 0.1) is 6.10 Å². The Balaban J connectivity index is 2.24. The maximum atomic E-state index is 9.63. The Kier molecular flexibility index (Phi) is 5.43. The van der Waals surface area contributed by atoms with E-state index in [9.17, 15) is 5.11 Å². The second-order valence-corrected chi connectivity index (χ2v) is 4.52. The Labute approximate surface area is 97.9 Å². The lowest BCUT2D eigenvalue weighted by Gasteiger charge is -2.14. The Bertz CT molecular complexity index is 313. The van der Waals surface area contributed by atoms with Crippen LogP contribution in [0, 0.1) is 12.8 Å². The van der Waals surface area contributed by atoms with Gasteiger partial charge in [-0.25, -0.2) is 0 Å². The van der Waals surface area contributed by atoms with E-state index in [2.05, 4.69) is 16.4 Å². The molecule has 0 fully saturated rings. The van der Waals surface area contributed by atoms with Crippen LogP contribution >= 0.6 is 0 Å². The molecule has 0 bridgehead atoms. The van der Waals surface area contributed by atoms with Gasteiger partial charge in [0.1, 0.15) is 0 Å². The van der Waals surface area contributed by atoms with Crippen molar-refractivity contribution in [3.63, 3.8) is 0 Å². The Morgan fingerprint density at radius 3 is 2.81 bits per heavy atom. The maximum Gasteiger partial charge on any atom is 0.0575 e. The average Bonchev–Trinajstić information content (AvgIpc) is 2.26. The van der Waals surface area contributed by atoms with Gasteiger partial charge in [-0.3, -0.25) is 4.98 Å². The first-order chi connectivity index (χ1) is 7.61. The topological polar surface area (TPSA) is 45.2 Å².